The lowest BCUT2D eigenvalue weighted by Gasteiger charge is -2.34. The maximum Gasteiger partial charge on any atom is 0.236 e. The predicted octanol–water partition coefficient (Wildman–Crippen LogP) is -1.88. The third kappa shape index (κ3) is 3.98. The highest BCUT2D eigenvalue weighted by atomic mass is 16.2. The third-order valence-electron chi connectivity index (χ3n) is 3.01. The highest BCUT2D eigenvalue weighted by Crippen LogP contribution is 2.03. The molecule has 1 unspecified atom stereocenters. The fraction of sp³-hybridized carbons (Fsp3) is 0.727. The van der Waals surface area contributed by atoms with Gasteiger partial charge in [-0.15, -0.1) is 0 Å². The second-order valence-corrected chi connectivity index (χ2v) is 4.32. The Kier molecular flexibility index (Phi) is 5.55. The number of nitrogens with zero attached hydrogens (tertiary/aromatic N) is 3. The quantitative estimate of drug-likeness (QED) is 0.597. The standard InChI is InChI=1S/C11H19N5O2/c1-15(5-2-3-12)10(17)8-16-6-4-14-7-9(16)11(13)18/h9,14H,2,4-8H2,1H3,(H2,13,18). The van der Waals surface area contributed by atoms with Crippen molar-refractivity contribution in [1.82, 2.24) is 15.1 Å². The molecule has 1 rings (SSSR count). The Labute approximate surface area is 107 Å². The number of nitrogens with one attached hydrogen (secondary N) is 1. The van der Waals surface area contributed by atoms with Gasteiger partial charge >= 0.3 is 0 Å². The first-order valence-electron chi connectivity index (χ1n) is 5.91. The molecule has 3 N–H and O–H groups in total. The van der Waals surface area contributed by atoms with E-state index in [0.717, 1.165) is 6.54 Å². The summed E-state index contributed by atoms with van der Waals surface area (Å²) in [5.41, 5.74) is 5.30. The molecule has 2 amide bonds. The maximum atomic E-state index is 11.9. The van der Waals surface area contributed by atoms with Crippen LogP contribution in [0.5, 0.6) is 0 Å². The number of likely N-dealkylation sites (N-methyl/N-ethyl adjacent to an activating group) is 1. The summed E-state index contributed by atoms with van der Waals surface area (Å²) in [6, 6.07) is 1.55. The van der Waals surface area contributed by atoms with Gasteiger partial charge in [-0.25, -0.2) is 0 Å². The van der Waals surface area contributed by atoms with Crippen LogP contribution >= 0.6 is 0 Å². The number of hydrogen-bond acceptors (Lipinski definition) is 5. The van der Waals surface area contributed by atoms with E-state index in [2.05, 4.69) is 5.32 Å². The van der Waals surface area contributed by atoms with E-state index in [1.807, 2.05) is 6.07 Å². The average molecular weight is 253 g/mol. The molecule has 100 valence electrons. The number of carbonyl (C=O) groups excluding carboxylic acids is 2. The summed E-state index contributed by atoms with van der Waals surface area (Å²) in [5.74, 6) is -0.520. The van der Waals surface area contributed by atoms with Crippen LogP contribution in [0.25, 0.3) is 0 Å². The van der Waals surface area contributed by atoms with Crippen LogP contribution < -0.4 is 11.1 Å². The summed E-state index contributed by atoms with van der Waals surface area (Å²) in [4.78, 5) is 26.4. The molecule has 7 heteroatoms. The average Bonchev–Trinajstić information content (AvgIpc) is 2.36. The third-order valence-corrected chi connectivity index (χ3v) is 3.01. The predicted molar refractivity (Wildman–Crippen MR) is 65.3 cm³/mol. The zero-order valence-corrected chi connectivity index (χ0v) is 10.6. The minimum Gasteiger partial charge on any atom is -0.368 e. The molecular weight excluding hydrogens is 234 g/mol. The zero-order valence-electron chi connectivity index (χ0n) is 10.6. The normalized spacial score (nSPS) is 20.1. The summed E-state index contributed by atoms with van der Waals surface area (Å²) in [6.45, 7) is 2.40. The van der Waals surface area contributed by atoms with Crippen molar-refractivity contribution in [1.29, 1.82) is 5.26 Å². The van der Waals surface area contributed by atoms with Gasteiger partial charge in [0.25, 0.3) is 0 Å². The number of primary amides is 1. The molecule has 7 nitrogen and oxygen atoms in total. The van der Waals surface area contributed by atoms with Gasteiger partial charge in [-0.3, -0.25) is 14.5 Å². The Balaban J connectivity index is 2.51. The van der Waals surface area contributed by atoms with Crippen molar-refractivity contribution >= 4 is 11.8 Å². The van der Waals surface area contributed by atoms with Gasteiger partial charge < -0.3 is 16.0 Å². The van der Waals surface area contributed by atoms with Crippen LogP contribution in [0.1, 0.15) is 6.42 Å². The van der Waals surface area contributed by atoms with Gasteiger partial charge in [-0.1, -0.05) is 0 Å². The molecule has 0 saturated carbocycles. The van der Waals surface area contributed by atoms with Crippen LogP contribution in [-0.4, -0.2) is 67.4 Å². The topological polar surface area (TPSA) is 102 Å². The molecule has 0 aromatic heterocycles. The molecular formula is C11H19N5O2. The first-order chi connectivity index (χ1) is 8.56. The van der Waals surface area contributed by atoms with E-state index in [1.54, 1.807) is 11.9 Å². The number of nitriles is 1. The van der Waals surface area contributed by atoms with Gasteiger partial charge in [0.1, 0.15) is 6.04 Å². The number of piperazine rings is 1. The van der Waals surface area contributed by atoms with E-state index >= 15 is 0 Å². The zero-order chi connectivity index (χ0) is 13.5. The second-order valence-electron chi connectivity index (χ2n) is 4.32. The van der Waals surface area contributed by atoms with Crippen LogP contribution in [0, 0.1) is 11.3 Å². The molecule has 1 heterocycles. The lowest BCUT2D eigenvalue weighted by atomic mass is 10.2. The van der Waals surface area contributed by atoms with Crippen molar-refractivity contribution in [3.63, 3.8) is 0 Å². The largest absolute Gasteiger partial charge is 0.368 e. The van der Waals surface area contributed by atoms with Gasteiger partial charge in [-0.2, -0.15) is 5.26 Å². The highest BCUT2D eigenvalue weighted by Gasteiger charge is 2.28. The Hall–Kier alpha value is -1.65. The molecule has 0 aromatic rings. The molecule has 0 aliphatic carbocycles. The number of nitrogens with two attached hydrogens (primary N) is 1. The maximum absolute atomic E-state index is 11.9. The van der Waals surface area contributed by atoms with Crippen molar-refractivity contribution in [3.8, 4) is 6.07 Å². The van der Waals surface area contributed by atoms with E-state index in [4.69, 9.17) is 11.0 Å². The van der Waals surface area contributed by atoms with Crippen molar-refractivity contribution in [2.75, 3.05) is 39.8 Å². The molecule has 1 saturated heterocycles. The van der Waals surface area contributed by atoms with Crippen LogP contribution in [0.4, 0.5) is 0 Å². The minimum absolute atomic E-state index is 0.0987. The second kappa shape index (κ2) is 6.93. The minimum atomic E-state index is -0.438. The molecule has 1 atom stereocenters. The first-order valence-corrected chi connectivity index (χ1v) is 5.91. The smallest absolute Gasteiger partial charge is 0.236 e. The Morgan fingerprint density at radius 2 is 2.33 bits per heavy atom. The summed E-state index contributed by atoms with van der Waals surface area (Å²) < 4.78 is 0. The molecule has 0 bridgehead atoms. The first kappa shape index (κ1) is 14.4. The lowest BCUT2D eigenvalue weighted by Crippen LogP contribution is -2.58. The SMILES string of the molecule is CN(CCC#N)C(=O)CN1CCNCC1C(N)=O. The van der Waals surface area contributed by atoms with Gasteiger partial charge in [0, 0.05) is 33.2 Å². The molecule has 1 aliphatic heterocycles. The van der Waals surface area contributed by atoms with E-state index in [-0.39, 0.29) is 12.5 Å². The van der Waals surface area contributed by atoms with Gasteiger partial charge in [0.15, 0.2) is 0 Å². The highest BCUT2D eigenvalue weighted by molar-refractivity contribution is 5.82. The molecule has 18 heavy (non-hydrogen) atoms. The molecule has 1 aliphatic rings. The number of amides is 2. The van der Waals surface area contributed by atoms with E-state index in [0.29, 0.717) is 26.1 Å². The van der Waals surface area contributed by atoms with Crippen molar-refractivity contribution < 1.29 is 9.59 Å². The lowest BCUT2D eigenvalue weighted by molar-refractivity contribution is -0.133. The van der Waals surface area contributed by atoms with Crippen molar-refractivity contribution in [2.24, 2.45) is 5.73 Å². The van der Waals surface area contributed by atoms with Gasteiger partial charge in [0.05, 0.1) is 19.0 Å². The summed E-state index contributed by atoms with van der Waals surface area (Å²) in [7, 11) is 1.65. The molecule has 0 spiro atoms. The summed E-state index contributed by atoms with van der Waals surface area (Å²) >= 11 is 0. The summed E-state index contributed by atoms with van der Waals surface area (Å²) in [5, 5.41) is 11.5. The van der Waals surface area contributed by atoms with E-state index < -0.39 is 11.9 Å². The fourth-order valence-electron chi connectivity index (χ4n) is 1.85. The van der Waals surface area contributed by atoms with E-state index in [9.17, 15) is 9.59 Å². The number of hydrogen-bond donors (Lipinski definition) is 2. The van der Waals surface area contributed by atoms with Gasteiger partial charge in [0.2, 0.25) is 11.8 Å². The Morgan fingerprint density at radius 1 is 1.61 bits per heavy atom. The van der Waals surface area contributed by atoms with E-state index in [1.165, 1.54) is 4.90 Å². The summed E-state index contributed by atoms with van der Waals surface area (Å²) in [6.07, 6.45) is 0.309. The fourth-order valence-corrected chi connectivity index (χ4v) is 1.85. The molecule has 0 radical (unpaired) electrons. The monoisotopic (exact) mass is 253 g/mol. The Bertz CT molecular complexity index is 352. The molecule has 0 aromatic carbocycles. The van der Waals surface area contributed by atoms with Gasteiger partial charge in [-0.05, 0) is 0 Å². The van der Waals surface area contributed by atoms with Crippen LogP contribution in [0.2, 0.25) is 0 Å². The van der Waals surface area contributed by atoms with Crippen molar-refractivity contribution in [2.45, 2.75) is 12.5 Å². The number of rotatable bonds is 5. The van der Waals surface area contributed by atoms with Crippen LogP contribution in [0.15, 0.2) is 0 Å². The van der Waals surface area contributed by atoms with Crippen molar-refractivity contribution in [3.05, 3.63) is 0 Å². The van der Waals surface area contributed by atoms with Crippen LogP contribution in [-0.2, 0) is 9.59 Å². The molecule has 1 fully saturated rings. The number of carbonyl (C=O) groups is 2. The Morgan fingerprint density at radius 3 is 2.94 bits per heavy atom. The van der Waals surface area contributed by atoms with Crippen LogP contribution in [0.3, 0.4) is 0 Å².